The molecule has 0 spiro atoms. The lowest BCUT2D eigenvalue weighted by Crippen LogP contribution is -2.56. The SMILES string of the molecule is CC(C)(C)C1CCC(SC2CCCC3C(=O)C4C(SC5CCCCC5)CCCC4C(=O)C23)CC1. The van der Waals surface area contributed by atoms with Crippen LogP contribution in [-0.2, 0) is 9.59 Å². The Morgan fingerprint density at radius 1 is 0.559 bits per heavy atom. The highest BCUT2D eigenvalue weighted by molar-refractivity contribution is 8.00. The van der Waals surface area contributed by atoms with E-state index in [1.165, 1.54) is 57.8 Å². The van der Waals surface area contributed by atoms with E-state index in [1.807, 2.05) is 0 Å². The van der Waals surface area contributed by atoms with Gasteiger partial charge in [-0.2, -0.15) is 23.5 Å². The molecular weight excluding hydrogens is 456 g/mol. The molecule has 5 aliphatic rings. The highest BCUT2D eigenvalue weighted by atomic mass is 32.2. The molecule has 0 radical (unpaired) electrons. The molecule has 5 aliphatic carbocycles. The van der Waals surface area contributed by atoms with Crippen molar-refractivity contribution in [2.24, 2.45) is 35.0 Å². The molecule has 6 atom stereocenters. The van der Waals surface area contributed by atoms with Crippen molar-refractivity contribution in [3.8, 4) is 0 Å². The first-order chi connectivity index (χ1) is 16.3. The minimum atomic E-state index is 0.0336. The lowest BCUT2D eigenvalue weighted by Gasteiger charge is -2.49. The summed E-state index contributed by atoms with van der Waals surface area (Å²) in [5.41, 5.74) is 0.416. The summed E-state index contributed by atoms with van der Waals surface area (Å²) in [4.78, 5) is 28.0. The van der Waals surface area contributed by atoms with Crippen molar-refractivity contribution in [2.75, 3.05) is 0 Å². The van der Waals surface area contributed by atoms with Crippen LogP contribution in [-0.4, -0.2) is 32.6 Å². The molecule has 5 rings (SSSR count). The van der Waals surface area contributed by atoms with Gasteiger partial charge in [-0.05, 0) is 75.5 Å². The molecule has 0 aromatic carbocycles. The van der Waals surface area contributed by atoms with Gasteiger partial charge in [0.15, 0.2) is 0 Å². The van der Waals surface area contributed by atoms with E-state index in [-0.39, 0.29) is 23.7 Å². The van der Waals surface area contributed by atoms with Crippen molar-refractivity contribution in [3.63, 3.8) is 0 Å². The van der Waals surface area contributed by atoms with E-state index in [0.29, 0.717) is 32.7 Å². The Bertz CT molecular complexity index is 729. The van der Waals surface area contributed by atoms with Gasteiger partial charge in [-0.25, -0.2) is 0 Å². The summed E-state index contributed by atoms with van der Waals surface area (Å²) in [7, 11) is 0. The van der Waals surface area contributed by atoms with Gasteiger partial charge in [0.2, 0.25) is 0 Å². The lowest BCUT2D eigenvalue weighted by atomic mass is 9.58. The van der Waals surface area contributed by atoms with Crippen molar-refractivity contribution in [3.05, 3.63) is 0 Å². The zero-order valence-corrected chi connectivity index (χ0v) is 23.6. The molecule has 4 heteroatoms. The van der Waals surface area contributed by atoms with E-state index in [0.717, 1.165) is 49.7 Å². The Morgan fingerprint density at radius 2 is 1.03 bits per heavy atom. The maximum absolute atomic E-state index is 14.0. The smallest absolute Gasteiger partial charge is 0.141 e. The van der Waals surface area contributed by atoms with E-state index in [1.54, 1.807) is 0 Å². The highest BCUT2D eigenvalue weighted by Gasteiger charge is 2.56. The van der Waals surface area contributed by atoms with Gasteiger partial charge in [0.1, 0.15) is 11.6 Å². The van der Waals surface area contributed by atoms with Gasteiger partial charge in [-0.15, -0.1) is 0 Å². The number of carbonyl (C=O) groups excluding carboxylic acids is 2. The maximum atomic E-state index is 14.0. The summed E-state index contributed by atoms with van der Waals surface area (Å²) >= 11 is 4.26. The molecule has 0 amide bonds. The molecule has 6 unspecified atom stereocenters. The normalized spacial score (nSPS) is 42.2. The van der Waals surface area contributed by atoms with Gasteiger partial charge in [0.25, 0.3) is 0 Å². The molecule has 0 aromatic rings. The summed E-state index contributed by atoms with van der Waals surface area (Å²) in [6, 6.07) is 0. The van der Waals surface area contributed by atoms with Gasteiger partial charge >= 0.3 is 0 Å². The van der Waals surface area contributed by atoms with Crippen LogP contribution in [0.1, 0.15) is 117 Å². The summed E-state index contributed by atoms with van der Waals surface area (Å²) < 4.78 is 0. The molecule has 5 saturated carbocycles. The second-order valence-electron chi connectivity index (χ2n) is 13.4. The third-order valence-electron chi connectivity index (χ3n) is 10.2. The first-order valence-corrected chi connectivity index (χ1v) is 16.6. The van der Waals surface area contributed by atoms with Gasteiger partial charge in [0, 0.05) is 44.7 Å². The Labute approximate surface area is 217 Å². The van der Waals surface area contributed by atoms with E-state index in [4.69, 9.17) is 0 Å². The number of Topliss-reactive ketones (excluding diaryl/α,β-unsaturated/α-hetero) is 2. The summed E-state index contributed by atoms with van der Waals surface area (Å²) in [6.07, 6.45) is 18.6. The predicted molar refractivity (Wildman–Crippen MR) is 147 cm³/mol. The largest absolute Gasteiger partial charge is 0.299 e. The van der Waals surface area contributed by atoms with Crippen LogP contribution in [0.2, 0.25) is 0 Å². The van der Waals surface area contributed by atoms with Crippen molar-refractivity contribution < 1.29 is 9.59 Å². The first-order valence-electron chi connectivity index (χ1n) is 14.7. The Balaban J connectivity index is 1.26. The highest BCUT2D eigenvalue weighted by Crippen LogP contribution is 2.53. The molecule has 5 fully saturated rings. The standard InChI is InChI=1S/C30H48O2S2/c1-30(2,3)19-15-17-21(18-16-19)34-25-14-8-12-23-27(25)29(32)22-11-7-13-24(26(22)28(23)31)33-20-9-5-4-6-10-20/h19-27H,4-18H2,1-3H3. The van der Waals surface area contributed by atoms with Crippen LogP contribution >= 0.6 is 23.5 Å². The maximum Gasteiger partial charge on any atom is 0.141 e. The molecule has 0 aromatic heterocycles. The fraction of sp³-hybridized carbons (Fsp3) is 0.933. The molecule has 0 N–H and O–H groups in total. The Hall–Kier alpha value is 0.0400. The summed E-state index contributed by atoms with van der Waals surface area (Å²) in [6.45, 7) is 7.18. The van der Waals surface area contributed by atoms with Crippen LogP contribution in [0.15, 0.2) is 0 Å². The minimum absolute atomic E-state index is 0.0336. The quantitative estimate of drug-likeness (QED) is 0.387. The van der Waals surface area contributed by atoms with E-state index in [2.05, 4.69) is 44.3 Å². The van der Waals surface area contributed by atoms with E-state index in [9.17, 15) is 9.59 Å². The number of fused-ring (bicyclic) bond motifs is 2. The van der Waals surface area contributed by atoms with Crippen molar-refractivity contribution in [1.29, 1.82) is 0 Å². The molecule has 0 saturated heterocycles. The topological polar surface area (TPSA) is 34.1 Å². The van der Waals surface area contributed by atoms with Gasteiger partial charge in [-0.1, -0.05) is 52.9 Å². The second kappa shape index (κ2) is 10.8. The number of carbonyl (C=O) groups is 2. The number of hydrogen-bond donors (Lipinski definition) is 0. The number of ketones is 2. The van der Waals surface area contributed by atoms with Crippen LogP contribution in [0.25, 0.3) is 0 Å². The third-order valence-corrected chi connectivity index (χ3v) is 13.7. The van der Waals surface area contributed by atoms with E-state index >= 15 is 0 Å². The number of thioether (sulfide) groups is 2. The van der Waals surface area contributed by atoms with Crippen LogP contribution < -0.4 is 0 Å². The lowest BCUT2D eigenvalue weighted by molar-refractivity contribution is -0.150. The van der Waals surface area contributed by atoms with Crippen molar-refractivity contribution in [2.45, 2.75) is 138 Å². The zero-order valence-electron chi connectivity index (χ0n) is 21.9. The predicted octanol–water partition coefficient (Wildman–Crippen LogP) is 8.11. The third kappa shape index (κ3) is 5.34. The second-order valence-corrected chi connectivity index (χ2v) is 16.5. The fourth-order valence-corrected chi connectivity index (χ4v) is 12.0. The van der Waals surface area contributed by atoms with Gasteiger partial charge in [0.05, 0.1) is 0 Å². The number of hydrogen-bond acceptors (Lipinski definition) is 4. The first kappa shape index (κ1) is 25.7. The van der Waals surface area contributed by atoms with Crippen LogP contribution in [0, 0.1) is 35.0 Å². The average molecular weight is 505 g/mol. The Kier molecular flexibility index (Phi) is 8.16. The molecular formula is C30H48O2S2. The molecule has 192 valence electrons. The van der Waals surface area contributed by atoms with Crippen molar-refractivity contribution in [1.82, 2.24) is 0 Å². The summed E-state index contributed by atoms with van der Waals surface area (Å²) in [5.74, 6) is 2.03. The minimum Gasteiger partial charge on any atom is -0.299 e. The summed E-state index contributed by atoms with van der Waals surface area (Å²) in [5, 5.41) is 2.25. The molecule has 2 nitrogen and oxygen atoms in total. The fourth-order valence-electron chi connectivity index (χ4n) is 8.28. The average Bonchev–Trinajstić information content (AvgIpc) is 2.83. The molecule has 0 bridgehead atoms. The van der Waals surface area contributed by atoms with Crippen LogP contribution in [0.3, 0.4) is 0 Å². The van der Waals surface area contributed by atoms with Gasteiger partial charge in [-0.3, -0.25) is 9.59 Å². The van der Waals surface area contributed by atoms with Crippen LogP contribution in [0.5, 0.6) is 0 Å². The van der Waals surface area contributed by atoms with Crippen LogP contribution in [0.4, 0.5) is 0 Å². The number of rotatable bonds is 4. The van der Waals surface area contributed by atoms with Gasteiger partial charge < -0.3 is 0 Å². The van der Waals surface area contributed by atoms with E-state index < -0.39 is 0 Å². The zero-order chi connectivity index (χ0) is 23.9. The molecule has 0 aliphatic heterocycles. The van der Waals surface area contributed by atoms with Crippen molar-refractivity contribution >= 4 is 35.1 Å². The molecule has 0 heterocycles. The Morgan fingerprint density at radius 3 is 1.50 bits per heavy atom. The molecule has 34 heavy (non-hydrogen) atoms. The monoisotopic (exact) mass is 504 g/mol.